The number of carboxylic acids is 1. The average molecular weight is 481 g/mol. The lowest BCUT2D eigenvalue weighted by Gasteiger charge is -2.32. The molecular formula is C27H32N2O6. The first-order valence-corrected chi connectivity index (χ1v) is 12.2. The molecule has 0 bridgehead atoms. The van der Waals surface area contributed by atoms with Crippen molar-refractivity contribution in [2.75, 3.05) is 19.8 Å². The SMILES string of the molecule is CCC[C@H](NC(=O)CC1COCCC1NC(=O)OCC1c2ccccc2-c2ccccc21)C(=O)O. The van der Waals surface area contributed by atoms with Gasteiger partial charge in [0, 0.05) is 30.9 Å². The second-order valence-electron chi connectivity index (χ2n) is 9.15. The number of rotatable bonds is 9. The Morgan fingerprint density at radius 1 is 1.09 bits per heavy atom. The third kappa shape index (κ3) is 5.82. The molecule has 2 aromatic carbocycles. The topological polar surface area (TPSA) is 114 Å². The van der Waals surface area contributed by atoms with Crippen molar-refractivity contribution in [1.82, 2.24) is 10.6 Å². The van der Waals surface area contributed by atoms with E-state index in [9.17, 15) is 19.5 Å². The number of hydrogen-bond acceptors (Lipinski definition) is 5. The van der Waals surface area contributed by atoms with E-state index in [0.29, 0.717) is 32.5 Å². The number of carboxylic acid groups (broad SMARTS) is 1. The molecule has 8 nitrogen and oxygen atoms in total. The highest BCUT2D eigenvalue weighted by molar-refractivity contribution is 5.83. The summed E-state index contributed by atoms with van der Waals surface area (Å²) in [5.74, 6) is -1.70. The number of hydrogen-bond donors (Lipinski definition) is 3. The summed E-state index contributed by atoms with van der Waals surface area (Å²) in [6, 6.07) is 15.1. The number of aliphatic carboxylic acids is 1. The number of nitrogens with one attached hydrogen (secondary N) is 2. The molecule has 186 valence electrons. The highest BCUT2D eigenvalue weighted by atomic mass is 16.5. The third-order valence-corrected chi connectivity index (χ3v) is 6.78. The molecule has 4 rings (SSSR count). The fourth-order valence-corrected chi connectivity index (χ4v) is 5.02. The third-order valence-electron chi connectivity index (χ3n) is 6.78. The van der Waals surface area contributed by atoms with Crippen LogP contribution in [0.3, 0.4) is 0 Å². The fraction of sp³-hybridized carbons (Fsp3) is 0.444. The second kappa shape index (κ2) is 11.4. The summed E-state index contributed by atoms with van der Waals surface area (Å²) in [5, 5.41) is 14.8. The lowest BCUT2D eigenvalue weighted by Crippen LogP contribution is -2.48. The number of amides is 2. The Balaban J connectivity index is 1.34. The van der Waals surface area contributed by atoms with Crippen LogP contribution in [0.15, 0.2) is 48.5 Å². The maximum atomic E-state index is 12.7. The van der Waals surface area contributed by atoms with Crippen molar-refractivity contribution in [2.24, 2.45) is 5.92 Å². The van der Waals surface area contributed by atoms with Crippen LogP contribution in [0.4, 0.5) is 4.79 Å². The van der Waals surface area contributed by atoms with Gasteiger partial charge in [-0.25, -0.2) is 9.59 Å². The first kappa shape index (κ1) is 24.7. The zero-order valence-electron chi connectivity index (χ0n) is 19.9. The summed E-state index contributed by atoms with van der Waals surface area (Å²) in [6.07, 6.45) is 1.11. The van der Waals surface area contributed by atoms with Crippen molar-refractivity contribution < 1.29 is 29.0 Å². The van der Waals surface area contributed by atoms with Crippen molar-refractivity contribution in [1.29, 1.82) is 0 Å². The van der Waals surface area contributed by atoms with Crippen LogP contribution in [0.2, 0.25) is 0 Å². The van der Waals surface area contributed by atoms with Crippen molar-refractivity contribution in [3.8, 4) is 11.1 Å². The monoisotopic (exact) mass is 480 g/mol. The molecule has 2 aliphatic rings. The van der Waals surface area contributed by atoms with Gasteiger partial charge in [0.25, 0.3) is 0 Å². The Morgan fingerprint density at radius 2 is 1.74 bits per heavy atom. The number of carbonyl (C=O) groups excluding carboxylic acids is 2. The molecule has 35 heavy (non-hydrogen) atoms. The van der Waals surface area contributed by atoms with E-state index in [4.69, 9.17) is 9.47 Å². The zero-order valence-corrected chi connectivity index (χ0v) is 19.9. The molecule has 1 aliphatic carbocycles. The van der Waals surface area contributed by atoms with Crippen molar-refractivity contribution >= 4 is 18.0 Å². The Labute approximate surface area is 205 Å². The molecule has 2 unspecified atom stereocenters. The van der Waals surface area contributed by atoms with Gasteiger partial charge in [-0.15, -0.1) is 0 Å². The molecule has 0 spiro atoms. The molecule has 1 saturated heterocycles. The van der Waals surface area contributed by atoms with Crippen LogP contribution in [0, 0.1) is 5.92 Å². The largest absolute Gasteiger partial charge is 0.480 e. The van der Waals surface area contributed by atoms with Crippen LogP contribution in [0.5, 0.6) is 0 Å². The maximum absolute atomic E-state index is 12.7. The van der Waals surface area contributed by atoms with Crippen LogP contribution >= 0.6 is 0 Å². The predicted molar refractivity (Wildman–Crippen MR) is 130 cm³/mol. The van der Waals surface area contributed by atoms with Gasteiger partial charge in [0.15, 0.2) is 0 Å². The first-order valence-electron chi connectivity index (χ1n) is 12.2. The fourth-order valence-electron chi connectivity index (χ4n) is 5.02. The summed E-state index contributed by atoms with van der Waals surface area (Å²) >= 11 is 0. The first-order chi connectivity index (χ1) is 17.0. The van der Waals surface area contributed by atoms with Gasteiger partial charge in [-0.05, 0) is 35.1 Å². The summed E-state index contributed by atoms with van der Waals surface area (Å²) < 4.78 is 11.2. The van der Waals surface area contributed by atoms with Gasteiger partial charge in [0.1, 0.15) is 12.6 Å². The van der Waals surface area contributed by atoms with Crippen LogP contribution in [-0.4, -0.2) is 55.0 Å². The number of alkyl carbamates (subject to hydrolysis) is 1. The molecule has 0 radical (unpaired) electrons. The van der Waals surface area contributed by atoms with Gasteiger partial charge in [-0.1, -0.05) is 61.9 Å². The van der Waals surface area contributed by atoms with E-state index >= 15 is 0 Å². The summed E-state index contributed by atoms with van der Waals surface area (Å²) in [6.45, 7) is 2.87. The van der Waals surface area contributed by atoms with E-state index in [2.05, 4.69) is 34.9 Å². The number of benzene rings is 2. The van der Waals surface area contributed by atoms with Crippen LogP contribution < -0.4 is 10.6 Å². The summed E-state index contributed by atoms with van der Waals surface area (Å²) in [7, 11) is 0. The van der Waals surface area contributed by atoms with Gasteiger partial charge in [0.05, 0.1) is 6.61 Å². The quantitative estimate of drug-likeness (QED) is 0.504. The minimum atomic E-state index is -1.05. The molecule has 2 aromatic rings. The van der Waals surface area contributed by atoms with Crippen LogP contribution in [0.1, 0.15) is 49.7 Å². The van der Waals surface area contributed by atoms with Crippen molar-refractivity contribution in [3.05, 3.63) is 59.7 Å². The number of carbonyl (C=O) groups is 3. The summed E-state index contributed by atoms with van der Waals surface area (Å²) in [5.41, 5.74) is 4.61. The zero-order chi connectivity index (χ0) is 24.8. The van der Waals surface area contributed by atoms with E-state index in [1.54, 1.807) is 0 Å². The van der Waals surface area contributed by atoms with Crippen LogP contribution in [0.25, 0.3) is 11.1 Å². The standard InChI is InChI=1S/C27H32N2O6/c1-2-7-24(26(31)32)28-25(30)14-17-15-34-13-12-23(17)29-27(33)35-16-22-20-10-5-3-8-18(20)19-9-4-6-11-21(19)22/h3-6,8-11,17,22-24H,2,7,12-16H2,1H3,(H,28,30)(H,29,33)(H,31,32)/t17?,23?,24-/m0/s1. The van der Waals surface area contributed by atoms with Crippen LogP contribution in [-0.2, 0) is 19.1 Å². The van der Waals surface area contributed by atoms with Gasteiger partial charge in [0.2, 0.25) is 5.91 Å². The number of ether oxygens (including phenoxy) is 2. The minimum absolute atomic E-state index is 0.0315. The molecule has 0 saturated carbocycles. The van der Waals surface area contributed by atoms with Gasteiger partial charge < -0.3 is 25.2 Å². The smallest absolute Gasteiger partial charge is 0.407 e. The number of fused-ring (bicyclic) bond motifs is 3. The lowest BCUT2D eigenvalue weighted by atomic mass is 9.92. The Morgan fingerprint density at radius 3 is 2.37 bits per heavy atom. The Kier molecular flexibility index (Phi) is 8.02. The molecule has 8 heteroatoms. The molecule has 3 atom stereocenters. The van der Waals surface area contributed by atoms with E-state index in [-0.39, 0.29) is 36.8 Å². The highest BCUT2D eigenvalue weighted by Crippen LogP contribution is 2.44. The maximum Gasteiger partial charge on any atom is 0.407 e. The molecular weight excluding hydrogens is 448 g/mol. The van der Waals surface area contributed by atoms with E-state index < -0.39 is 18.1 Å². The van der Waals surface area contributed by atoms with E-state index in [1.807, 2.05) is 31.2 Å². The predicted octanol–water partition coefficient (Wildman–Crippen LogP) is 3.69. The highest BCUT2D eigenvalue weighted by Gasteiger charge is 2.32. The van der Waals surface area contributed by atoms with E-state index in [0.717, 1.165) is 22.3 Å². The van der Waals surface area contributed by atoms with E-state index in [1.165, 1.54) is 0 Å². The minimum Gasteiger partial charge on any atom is -0.480 e. The molecule has 1 aliphatic heterocycles. The van der Waals surface area contributed by atoms with Crippen molar-refractivity contribution in [2.45, 2.75) is 50.6 Å². The Hall–Kier alpha value is -3.39. The van der Waals surface area contributed by atoms with Gasteiger partial charge >= 0.3 is 12.1 Å². The summed E-state index contributed by atoms with van der Waals surface area (Å²) in [4.78, 5) is 36.6. The molecule has 1 fully saturated rings. The Bertz CT molecular complexity index is 1030. The molecule has 0 aromatic heterocycles. The second-order valence-corrected chi connectivity index (χ2v) is 9.15. The lowest BCUT2D eigenvalue weighted by molar-refractivity contribution is -0.142. The van der Waals surface area contributed by atoms with Crippen molar-refractivity contribution in [3.63, 3.8) is 0 Å². The molecule has 3 N–H and O–H groups in total. The molecule has 2 amide bonds. The van der Waals surface area contributed by atoms with Gasteiger partial charge in [-0.2, -0.15) is 0 Å². The molecule has 1 heterocycles. The normalized spacial score (nSPS) is 19.8. The average Bonchev–Trinajstić information content (AvgIpc) is 3.17. The van der Waals surface area contributed by atoms with Gasteiger partial charge in [-0.3, -0.25) is 4.79 Å².